The molecule has 1 aliphatic rings. The van der Waals surface area contributed by atoms with Crippen molar-refractivity contribution in [1.29, 1.82) is 0 Å². The molecular weight excluding hydrogens is 274 g/mol. The van der Waals surface area contributed by atoms with Crippen molar-refractivity contribution in [3.05, 3.63) is 12.0 Å². The van der Waals surface area contributed by atoms with Gasteiger partial charge < -0.3 is 4.57 Å². The number of nitrogens with zero attached hydrogens (tertiary/aromatic N) is 2. The van der Waals surface area contributed by atoms with Crippen molar-refractivity contribution in [2.75, 3.05) is 0 Å². The van der Waals surface area contributed by atoms with Gasteiger partial charge >= 0.3 is 0 Å². The summed E-state index contributed by atoms with van der Waals surface area (Å²) in [6.07, 6.45) is 5.45. The van der Waals surface area contributed by atoms with Crippen molar-refractivity contribution in [2.45, 2.75) is 71.0 Å². The molecule has 6 heteroatoms. The van der Waals surface area contributed by atoms with E-state index in [4.69, 9.17) is 0 Å². The van der Waals surface area contributed by atoms with Gasteiger partial charge in [-0.1, -0.05) is 20.8 Å². The second-order valence-corrected chi connectivity index (χ2v) is 8.21. The average molecular weight is 299 g/mol. The van der Waals surface area contributed by atoms with Crippen LogP contribution in [-0.2, 0) is 16.6 Å². The van der Waals surface area contributed by atoms with Gasteiger partial charge in [0.05, 0.1) is 0 Å². The van der Waals surface area contributed by atoms with Gasteiger partial charge in [0.1, 0.15) is 5.82 Å². The van der Waals surface area contributed by atoms with Gasteiger partial charge in [-0.25, -0.2) is 18.1 Å². The van der Waals surface area contributed by atoms with Gasteiger partial charge in [0.2, 0.25) is 0 Å². The maximum Gasteiger partial charge on any atom is 0.259 e. The summed E-state index contributed by atoms with van der Waals surface area (Å²) in [6.45, 7) is 9.06. The van der Waals surface area contributed by atoms with E-state index in [1.54, 1.807) is 6.20 Å². The van der Waals surface area contributed by atoms with Crippen molar-refractivity contribution < 1.29 is 8.42 Å². The molecule has 0 amide bonds. The SMILES string of the molecule is CCCn1cc(S(=O)(=O)NC2CCC(C)(C)C2)nc1C. The Bertz CT molecular complexity index is 575. The highest BCUT2D eigenvalue weighted by Crippen LogP contribution is 2.37. The summed E-state index contributed by atoms with van der Waals surface area (Å²) in [6, 6.07) is 0.0339. The minimum Gasteiger partial charge on any atom is -0.334 e. The van der Waals surface area contributed by atoms with E-state index in [1.165, 1.54) is 0 Å². The molecule has 1 saturated carbocycles. The lowest BCUT2D eigenvalue weighted by Crippen LogP contribution is -2.33. The maximum atomic E-state index is 12.4. The third-order valence-electron chi connectivity index (χ3n) is 3.98. The smallest absolute Gasteiger partial charge is 0.259 e. The van der Waals surface area contributed by atoms with Crippen molar-refractivity contribution >= 4 is 10.0 Å². The van der Waals surface area contributed by atoms with E-state index in [9.17, 15) is 8.42 Å². The first-order valence-electron chi connectivity index (χ1n) is 7.29. The topological polar surface area (TPSA) is 64.0 Å². The first kappa shape index (κ1) is 15.5. The Labute approximate surface area is 121 Å². The van der Waals surface area contributed by atoms with Crippen LogP contribution < -0.4 is 4.72 Å². The van der Waals surface area contributed by atoms with Gasteiger partial charge in [-0.2, -0.15) is 0 Å². The normalized spacial score (nSPS) is 22.3. The highest BCUT2D eigenvalue weighted by atomic mass is 32.2. The van der Waals surface area contributed by atoms with E-state index in [2.05, 4.69) is 30.5 Å². The minimum atomic E-state index is -3.50. The minimum absolute atomic E-state index is 0.0339. The molecule has 1 aromatic heterocycles. The van der Waals surface area contributed by atoms with Crippen LogP contribution in [0.4, 0.5) is 0 Å². The van der Waals surface area contributed by atoms with Crippen LogP contribution in [0.1, 0.15) is 52.3 Å². The molecule has 114 valence electrons. The molecule has 1 unspecified atom stereocenters. The summed E-state index contributed by atoms with van der Waals surface area (Å²) in [7, 11) is -3.50. The molecule has 0 aromatic carbocycles. The van der Waals surface area contributed by atoms with Gasteiger partial charge in [-0.15, -0.1) is 0 Å². The molecule has 0 radical (unpaired) electrons. The highest BCUT2D eigenvalue weighted by molar-refractivity contribution is 7.89. The molecule has 1 heterocycles. The molecule has 0 saturated heterocycles. The standard InChI is InChI=1S/C14H25N3O2S/c1-5-8-17-10-13(15-11(17)2)20(18,19)16-12-6-7-14(3,4)9-12/h10,12,16H,5-9H2,1-4H3. The molecule has 0 aliphatic heterocycles. The molecule has 1 fully saturated rings. The van der Waals surface area contributed by atoms with Gasteiger partial charge in [0.15, 0.2) is 5.03 Å². The summed E-state index contributed by atoms with van der Waals surface area (Å²) >= 11 is 0. The van der Waals surface area contributed by atoms with Gasteiger partial charge in [0.25, 0.3) is 10.0 Å². The number of aromatic nitrogens is 2. The fraction of sp³-hybridized carbons (Fsp3) is 0.786. The predicted octanol–water partition coefficient (Wildman–Crippen LogP) is 2.46. The van der Waals surface area contributed by atoms with Crippen LogP contribution in [0.15, 0.2) is 11.2 Å². The summed E-state index contributed by atoms with van der Waals surface area (Å²) in [5.74, 6) is 0.749. The van der Waals surface area contributed by atoms with E-state index < -0.39 is 10.0 Å². The van der Waals surface area contributed by atoms with Crippen LogP contribution in [0.2, 0.25) is 0 Å². The zero-order valence-corrected chi connectivity index (χ0v) is 13.6. The van der Waals surface area contributed by atoms with Gasteiger partial charge in [0, 0.05) is 18.8 Å². The maximum absolute atomic E-state index is 12.4. The van der Waals surface area contributed by atoms with Gasteiger partial charge in [-0.05, 0) is 38.0 Å². The van der Waals surface area contributed by atoms with Crippen molar-refractivity contribution in [3.63, 3.8) is 0 Å². The molecular formula is C14H25N3O2S. The number of nitrogens with one attached hydrogen (secondary N) is 1. The number of rotatable bonds is 5. The quantitative estimate of drug-likeness (QED) is 0.908. The Morgan fingerprint density at radius 3 is 2.75 bits per heavy atom. The number of imidazole rings is 1. The molecule has 5 nitrogen and oxygen atoms in total. The fourth-order valence-corrected chi connectivity index (χ4v) is 4.17. The Morgan fingerprint density at radius 1 is 1.50 bits per heavy atom. The Kier molecular flexibility index (Phi) is 4.25. The lowest BCUT2D eigenvalue weighted by atomic mass is 9.92. The largest absolute Gasteiger partial charge is 0.334 e. The number of hydrogen-bond donors (Lipinski definition) is 1. The third kappa shape index (κ3) is 3.41. The molecule has 1 aromatic rings. The van der Waals surface area contributed by atoms with Crippen molar-refractivity contribution in [2.24, 2.45) is 5.41 Å². The lowest BCUT2D eigenvalue weighted by Gasteiger charge is -2.17. The highest BCUT2D eigenvalue weighted by Gasteiger charge is 2.34. The summed E-state index contributed by atoms with van der Waals surface area (Å²) in [5, 5.41) is 0.146. The van der Waals surface area contributed by atoms with Crippen LogP contribution in [0, 0.1) is 12.3 Å². The summed E-state index contributed by atoms with van der Waals surface area (Å²) in [5.41, 5.74) is 0.227. The first-order valence-corrected chi connectivity index (χ1v) is 8.78. The van der Waals surface area contributed by atoms with Gasteiger partial charge in [-0.3, -0.25) is 0 Å². The number of aryl methyl sites for hydroxylation is 2. The van der Waals surface area contributed by atoms with E-state index in [1.807, 2.05) is 11.5 Å². The zero-order valence-electron chi connectivity index (χ0n) is 12.8. The second-order valence-electron chi connectivity index (χ2n) is 6.54. The van der Waals surface area contributed by atoms with Crippen LogP contribution in [0.3, 0.4) is 0 Å². The molecule has 0 spiro atoms. The van der Waals surface area contributed by atoms with E-state index in [0.717, 1.165) is 38.1 Å². The van der Waals surface area contributed by atoms with Crippen LogP contribution in [-0.4, -0.2) is 24.0 Å². The molecule has 1 atom stereocenters. The third-order valence-corrected chi connectivity index (χ3v) is 5.38. The van der Waals surface area contributed by atoms with Crippen LogP contribution in [0.25, 0.3) is 0 Å². The molecule has 1 N–H and O–H groups in total. The molecule has 0 bridgehead atoms. The zero-order chi connectivity index (χ0) is 15.0. The lowest BCUT2D eigenvalue weighted by molar-refractivity contribution is 0.372. The Hall–Kier alpha value is -0.880. The summed E-state index contributed by atoms with van der Waals surface area (Å²) in [4.78, 5) is 4.19. The molecule has 2 rings (SSSR count). The van der Waals surface area contributed by atoms with E-state index in [0.29, 0.717) is 0 Å². The fourth-order valence-electron chi connectivity index (χ4n) is 2.89. The van der Waals surface area contributed by atoms with E-state index in [-0.39, 0.29) is 16.5 Å². The first-order chi connectivity index (χ1) is 9.23. The number of sulfonamides is 1. The Balaban J connectivity index is 2.13. The van der Waals surface area contributed by atoms with Crippen molar-refractivity contribution in [3.8, 4) is 0 Å². The van der Waals surface area contributed by atoms with E-state index >= 15 is 0 Å². The van der Waals surface area contributed by atoms with Crippen LogP contribution in [0.5, 0.6) is 0 Å². The predicted molar refractivity (Wildman–Crippen MR) is 79.0 cm³/mol. The van der Waals surface area contributed by atoms with Crippen molar-refractivity contribution in [1.82, 2.24) is 14.3 Å². The van der Waals surface area contributed by atoms with Crippen LogP contribution >= 0.6 is 0 Å². The Morgan fingerprint density at radius 2 is 2.20 bits per heavy atom. The summed E-state index contributed by atoms with van der Waals surface area (Å²) < 4.78 is 29.5. The number of hydrogen-bond acceptors (Lipinski definition) is 3. The monoisotopic (exact) mass is 299 g/mol. The molecule has 20 heavy (non-hydrogen) atoms. The second kappa shape index (κ2) is 5.48. The molecule has 1 aliphatic carbocycles. The average Bonchev–Trinajstić information content (AvgIpc) is 2.83.